The molecular weight excluding hydrogens is 318 g/mol. The number of benzene rings is 1. The number of hydrogen-bond acceptors (Lipinski definition) is 2. The minimum absolute atomic E-state index is 0.184. The number of alkyl halides is 1. The Kier molecular flexibility index (Phi) is 3.36. The minimum Gasteiger partial charge on any atom is -0.458 e. The van der Waals surface area contributed by atoms with E-state index in [2.05, 4.69) is 51.8 Å². The lowest BCUT2D eigenvalue weighted by molar-refractivity contribution is -0.155. The fraction of sp³-hybridized carbons (Fsp3) is 0.438. The maximum Gasteiger partial charge on any atom is 0.317 e. The summed E-state index contributed by atoms with van der Waals surface area (Å²) in [4.78, 5) is 11.6. The molecule has 0 aliphatic heterocycles. The summed E-state index contributed by atoms with van der Waals surface area (Å²) in [7, 11) is 2.12. The molecule has 1 aromatic carbocycles. The molecule has 0 amide bonds. The highest BCUT2D eigenvalue weighted by atomic mass is 79.9. The lowest BCUT2D eigenvalue weighted by Gasteiger charge is -2.33. The Hall–Kier alpha value is -1.29. The number of fused-ring (bicyclic) bond motifs is 3. The Morgan fingerprint density at radius 1 is 1.45 bits per heavy atom. The Labute approximate surface area is 127 Å². The van der Waals surface area contributed by atoms with Crippen LogP contribution < -0.4 is 0 Å². The van der Waals surface area contributed by atoms with E-state index in [-0.39, 0.29) is 16.9 Å². The van der Waals surface area contributed by atoms with Gasteiger partial charge in [-0.2, -0.15) is 0 Å². The third-order valence-corrected chi connectivity index (χ3v) is 4.71. The fourth-order valence-corrected chi connectivity index (χ4v) is 3.39. The van der Waals surface area contributed by atoms with E-state index < -0.39 is 0 Å². The van der Waals surface area contributed by atoms with Gasteiger partial charge in [-0.05, 0) is 31.4 Å². The summed E-state index contributed by atoms with van der Waals surface area (Å²) < 4.78 is 7.92. The van der Waals surface area contributed by atoms with Gasteiger partial charge >= 0.3 is 5.97 Å². The van der Waals surface area contributed by atoms with Crippen LogP contribution in [0.5, 0.6) is 0 Å². The van der Waals surface area contributed by atoms with Crippen LogP contribution in [0.25, 0.3) is 10.9 Å². The number of nitrogens with zero attached hydrogens (tertiary/aromatic N) is 1. The fourth-order valence-electron chi connectivity index (χ4n) is 3.27. The molecular formula is C16H18BrNO2. The molecule has 3 nitrogen and oxygen atoms in total. The predicted molar refractivity (Wildman–Crippen MR) is 83.2 cm³/mol. The first-order chi connectivity index (χ1) is 9.54. The first-order valence-electron chi connectivity index (χ1n) is 6.87. The van der Waals surface area contributed by atoms with Gasteiger partial charge in [0.2, 0.25) is 0 Å². The summed E-state index contributed by atoms with van der Waals surface area (Å²) in [6.45, 7) is 2.04. The van der Waals surface area contributed by atoms with Gasteiger partial charge in [-0.15, -0.1) is 0 Å². The number of halogens is 1. The minimum atomic E-state index is -0.387. The number of aryl methyl sites for hydroxylation is 1. The Morgan fingerprint density at radius 3 is 2.95 bits per heavy atom. The van der Waals surface area contributed by atoms with Crippen LogP contribution >= 0.6 is 15.9 Å². The molecule has 1 unspecified atom stereocenters. The SMILES string of the molecule is Cn1c2c(c3ccccc31)CC(C)(OC(=O)CBr)CC2. The van der Waals surface area contributed by atoms with Crippen LogP contribution in [0.15, 0.2) is 24.3 Å². The molecule has 1 heterocycles. The van der Waals surface area contributed by atoms with Gasteiger partial charge < -0.3 is 9.30 Å². The topological polar surface area (TPSA) is 31.2 Å². The number of aromatic nitrogens is 1. The molecule has 0 saturated heterocycles. The summed E-state index contributed by atoms with van der Waals surface area (Å²) in [5.74, 6) is -0.184. The number of rotatable bonds is 2. The largest absolute Gasteiger partial charge is 0.458 e. The number of ether oxygens (including phenoxy) is 1. The third kappa shape index (κ3) is 2.16. The van der Waals surface area contributed by atoms with Crippen molar-refractivity contribution in [3.63, 3.8) is 0 Å². The maximum atomic E-state index is 11.6. The number of esters is 1. The van der Waals surface area contributed by atoms with Crippen molar-refractivity contribution >= 4 is 32.8 Å². The van der Waals surface area contributed by atoms with Gasteiger partial charge in [-0.3, -0.25) is 4.79 Å². The van der Waals surface area contributed by atoms with Crippen molar-refractivity contribution < 1.29 is 9.53 Å². The summed E-state index contributed by atoms with van der Waals surface area (Å²) in [6.07, 6.45) is 2.62. The molecule has 106 valence electrons. The molecule has 0 radical (unpaired) electrons. The summed E-state index contributed by atoms with van der Waals surface area (Å²) >= 11 is 3.16. The highest BCUT2D eigenvalue weighted by molar-refractivity contribution is 9.09. The van der Waals surface area contributed by atoms with Gasteiger partial charge in [0.05, 0.1) is 0 Å². The summed E-state index contributed by atoms with van der Waals surface area (Å²) in [5, 5.41) is 1.54. The molecule has 2 aromatic rings. The van der Waals surface area contributed by atoms with Crippen LogP contribution in [0.1, 0.15) is 24.6 Å². The van der Waals surface area contributed by atoms with Crippen LogP contribution in [0.4, 0.5) is 0 Å². The highest BCUT2D eigenvalue weighted by Crippen LogP contribution is 2.37. The molecule has 1 aliphatic rings. The van der Waals surface area contributed by atoms with E-state index in [4.69, 9.17) is 4.74 Å². The van der Waals surface area contributed by atoms with E-state index in [0.717, 1.165) is 19.3 Å². The normalized spacial score (nSPS) is 21.8. The molecule has 1 aromatic heterocycles. The molecule has 0 spiro atoms. The lowest BCUT2D eigenvalue weighted by atomic mass is 9.83. The molecule has 4 heteroatoms. The molecule has 0 saturated carbocycles. The van der Waals surface area contributed by atoms with E-state index in [0.29, 0.717) is 0 Å². The van der Waals surface area contributed by atoms with Crippen molar-refractivity contribution in [2.45, 2.75) is 31.8 Å². The van der Waals surface area contributed by atoms with E-state index in [1.807, 2.05) is 6.92 Å². The smallest absolute Gasteiger partial charge is 0.317 e. The Bertz CT molecular complexity index is 676. The van der Waals surface area contributed by atoms with E-state index in [9.17, 15) is 4.79 Å². The summed E-state index contributed by atoms with van der Waals surface area (Å²) in [6, 6.07) is 8.44. The van der Waals surface area contributed by atoms with Crippen LogP contribution in [-0.4, -0.2) is 21.5 Å². The van der Waals surface area contributed by atoms with E-state index >= 15 is 0 Å². The van der Waals surface area contributed by atoms with Gasteiger partial charge in [0.1, 0.15) is 10.9 Å². The quantitative estimate of drug-likeness (QED) is 0.622. The monoisotopic (exact) mass is 335 g/mol. The number of carbonyl (C=O) groups excluding carboxylic acids is 1. The third-order valence-electron chi connectivity index (χ3n) is 4.25. The second-order valence-corrected chi connectivity index (χ2v) is 6.30. The molecule has 1 atom stereocenters. The van der Waals surface area contributed by atoms with Gasteiger partial charge in [-0.1, -0.05) is 34.1 Å². The second kappa shape index (κ2) is 4.92. The first-order valence-corrected chi connectivity index (χ1v) is 7.99. The van der Waals surface area contributed by atoms with Crippen molar-refractivity contribution in [1.29, 1.82) is 0 Å². The van der Waals surface area contributed by atoms with Crippen molar-refractivity contribution in [2.75, 3.05) is 5.33 Å². The van der Waals surface area contributed by atoms with Gasteiger partial charge in [0.25, 0.3) is 0 Å². The number of hydrogen-bond donors (Lipinski definition) is 0. The number of para-hydroxylation sites is 1. The highest BCUT2D eigenvalue weighted by Gasteiger charge is 2.35. The molecule has 0 fully saturated rings. The lowest BCUT2D eigenvalue weighted by Crippen LogP contribution is -2.38. The van der Waals surface area contributed by atoms with Gasteiger partial charge in [-0.25, -0.2) is 0 Å². The van der Waals surface area contributed by atoms with Gasteiger partial charge in [0.15, 0.2) is 0 Å². The zero-order chi connectivity index (χ0) is 14.3. The van der Waals surface area contributed by atoms with E-state index in [1.54, 1.807) is 0 Å². The zero-order valence-electron chi connectivity index (χ0n) is 11.8. The molecule has 0 bridgehead atoms. The Morgan fingerprint density at radius 2 is 2.20 bits per heavy atom. The molecule has 20 heavy (non-hydrogen) atoms. The molecule has 0 N–H and O–H groups in total. The van der Waals surface area contributed by atoms with Crippen LogP contribution in [-0.2, 0) is 29.4 Å². The number of carbonyl (C=O) groups is 1. The van der Waals surface area contributed by atoms with Crippen molar-refractivity contribution in [3.05, 3.63) is 35.5 Å². The molecule has 1 aliphatic carbocycles. The van der Waals surface area contributed by atoms with Crippen LogP contribution in [0, 0.1) is 0 Å². The maximum absolute atomic E-state index is 11.6. The van der Waals surface area contributed by atoms with E-state index in [1.165, 1.54) is 22.2 Å². The summed E-state index contributed by atoms with van der Waals surface area (Å²) in [5.41, 5.74) is 3.58. The van der Waals surface area contributed by atoms with Crippen molar-refractivity contribution in [1.82, 2.24) is 4.57 Å². The predicted octanol–water partition coefficient (Wildman–Crippen LogP) is 3.36. The average Bonchev–Trinajstić information content (AvgIpc) is 2.72. The zero-order valence-corrected chi connectivity index (χ0v) is 13.4. The second-order valence-electron chi connectivity index (χ2n) is 5.74. The van der Waals surface area contributed by atoms with Crippen molar-refractivity contribution in [3.8, 4) is 0 Å². The van der Waals surface area contributed by atoms with Gasteiger partial charge in [0, 0.05) is 30.1 Å². The standard InChI is InChI=1S/C16H18BrNO2/c1-16(20-15(19)10-17)8-7-14-12(9-16)11-5-3-4-6-13(11)18(14)2/h3-6H,7-10H2,1-2H3. The first kappa shape index (κ1) is 13.7. The average molecular weight is 336 g/mol. The van der Waals surface area contributed by atoms with Crippen LogP contribution in [0.2, 0.25) is 0 Å². The van der Waals surface area contributed by atoms with Crippen molar-refractivity contribution in [2.24, 2.45) is 7.05 Å². The Balaban J connectivity index is 2.02. The molecule has 3 rings (SSSR count). The van der Waals surface area contributed by atoms with Crippen LogP contribution in [0.3, 0.4) is 0 Å².